The Labute approximate surface area is 157 Å². The van der Waals surface area contributed by atoms with E-state index in [-0.39, 0.29) is 23.1 Å². The molecule has 0 saturated heterocycles. The van der Waals surface area contributed by atoms with Crippen LogP contribution in [0.2, 0.25) is 0 Å². The molecule has 0 radical (unpaired) electrons. The molecule has 5 nitrogen and oxygen atoms in total. The van der Waals surface area contributed by atoms with Gasteiger partial charge in [-0.05, 0) is 50.1 Å². The number of anilines is 1. The molecule has 4 rings (SSSR count). The molecule has 1 atom stereocenters. The predicted molar refractivity (Wildman–Crippen MR) is 101 cm³/mol. The summed E-state index contributed by atoms with van der Waals surface area (Å²) in [5, 5.41) is 2.80. The fourth-order valence-corrected chi connectivity index (χ4v) is 4.59. The summed E-state index contributed by atoms with van der Waals surface area (Å²) in [6, 6.07) is 9.59. The molecule has 1 unspecified atom stereocenters. The average molecular weight is 370 g/mol. The van der Waals surface area contributed by atoms with Gasteiger partial charge in [0.05, 0.1) is 23.7 Å². The van der Waals surface area contributed by atoms with Gasteiger partial charge in [-0.25, -0.2) is 0 Å². The van der Waals surface area contributed by atoms with E-state index in [1.165, 1.54) is 11.8 Å². The summed E-state index contributed by atoms with van der Waals surface area (Å²) in [6.45, 7) is 2.36. The van der Waals surface area contributed by atoms with Crippen LogP contribution < -0.4 is 5.32 Å². The molecule has 6 heteroatoms. The van der Waals surface area contributed by atoms with Crippen molar-refractivity contribution >= 4 is 29.3 Å². The summed E-state index contributed by atoms with van der Waals surface area (Å²) >= 11 is 1.53. The van der Waals surface area contributed by atoms with Crippen molar-refractivity contribution in [3.05, 3.63) is 47.9 Å². The highest BCUT2D eigenvalue weighted by Gasteiger charge is 2.30. The number of carbonyl (C=O) groups is 2. The zero-order chi connectivity index (χ0) is 18.1. The van der Waals surface area contributed by atoms with Crippen molar-refractivity contribution in [2.45, 2.75) is 55.3 Å². The van der Waals surface area contributed by atoms with E-state index in [2.05, 4.69) is 5.32 Å². The maximum Gasteiger partial charge on any atom is 0.254 e. The number of benzene rings is 1. The normalized spacial score (nSPS) is 19.9. The molecule has 0 spiro atoms. The molecule has 1 saturated carbocycles. The van der Waals surface area contributed by atoms with Crippen LogP contribution in [-0.2, 0) is 11.3 Å². The Bertz CT molecular complexity index is 812. The number of rotatable bonds is 4. The second-order valence-electron chi connectivity index (χ2n) is 6.91. The van der Waals surface area contributed by atoms with Gasteiger partial charge in [0.2, 0.25) is 5.91 Å². The molecule has 1 aliphatic heterocycles. The molecular weight excluding hydrogens is 348 g/mol. The van der Waals surface area contributed by atoms with Gasteiger partial charge in [0, 0.05) is 16.5 Å². The second-order valence-corrected chi connectivity index (χ2v) is 8.29. The first-order chi connectivity index (χ1) is 12.6. The first-order valence-electron chi connectivity index (χ1n) is 9.07. The van der Waals surface area contributed by atoms with Crippen LogP contribution >= 0.6 is 11.8 Å². The monoisotopic (exact) mass is 370 g/mol. The quantitative estimate of drug-likeness (QED) is 0.872. The van der Waals surface area contributed by atoms with Crippen molar-refractivity contribution in [2.24, 2.45) is 0 Å². The third-order valence-electron chi connectivity index (χ3n) is 5.09. The number of nitrogens with one attached hydrogen (secondary N) is 1. The van der Waals surface area contributed by atoms with Crippen molar-refractivity contribution < 1.29 is 14.0 Å². The maximum atomic E-state index is 13.3. The lowest BCUT2D eigenvalue weighted by molar-refractivity contribution is -0.115. The molecule has 0 bridgehead atoms. The van der Waals surface area contributed by atoms with Crippen molar-refractivity contribution in [1.82, 2.24) is 4.90 Å². The molecule has 1 aliphatic carbocycles. The Morgan fingerprint density at radius 2 is 2.12 bits per heavy atom. The lowest BCUT2D eigenvalue weighted by Crippen LogP contribution is -2.38. The molecule has 1 fully saturated rings. The van der Waals surface area contributed by atoms with Crippen molar-refractivity contribution in [3.63, 3.8) is 0 Å². The van der Waals surface area contributed by atoms with E-state index in [4.69, 9.17) is 4.42 Å². The number of thioether (sulfide) groups is 1. The van der Waals surface area contributed by atoms with Gasteiger partial charge >= 0.3 is 0 Å². The van der Waals surface area contributed by atoms with Crippen molar-refractivity contribution in [1.29, 1.82) is 0 Å². The van der Waals surface area contributed by atoms with Crippen molar-refractivity contribution in [2.75, 3.05) is 5.32 Å². The molecule has 136 valence electrons. The molecule has 1 N–H and O–H groups in total. The minimum Gasteiger partial charge on any atom is -0.467 e. The average Bonchev–Trinajstić information content (AvgIpc) is 3.33. The summed E-state index contributed by atoms with van der Waals surface area (Å²) in [7, 11) is 0. The highest BCUT2D eigenvalue weighted by Crippen LogP contribution is 2.36. The number of nitrogens with zero attached hydrogens (tertiary/aromatic N) is 1. The molecular formula is C20H22N2O3S. The van der Waals surface area contributed by atoms with Gasteiger partial charge in [-0.15, -0.1) is 11.8 Å². The number of hydrogen-bond acceptors (Lipinski definition) is 4. The van der Waals surface area contributed by atoms with E-state index in [1.807, 2.05) is 36.1 Å². The second kappa shape index (κ2) is 7.19. The van der Waals surface area contributed by atoms with E-state index in [0.717, 1.165) is 42.0 Å². The molecule has 2 aromatic rings. The summed E-state index contributed by atoms with van der Waals surface area (Å²) in [5.74, 6) is 0.769. The third-order valence-corrected chi connectivity index (χ3v) is 6.27. The van der Waals surface area contributed by atoms with Crippen LogP contribution in [0.5, 0.6) is 0 Å². The van der Waals surface area contributed by atoms with Gasteiger partial charge in [0.25, 0.3) is 5.91 Å². The molecule has 1 aromatic carbocycles. The minimum atomic E-state index is -0.113. The van der Waals surface area contributed by atoms with Crippen LogP contribution in [-0.4, -0.2) is 28.0 Å². The Morgan fingerprint density at radius 1 is 1.31 bits per heavy atom. The van der Waals surface area contributed by atoms with Gasteiger partial charge < -0.3 is 14.6 Å². The zero-order valence-electron chi connectivity index (χ0n) is 14.7. The first kappa shape index (κ1) is 17.2. The van der Waals surface area contributed by atoms with Gasteiger partial charge in [0.15, 0.2) is 0 Å². The molecule has 1 aromatic heterocycles. The van der Waals surface area contributed by atoms with Gasteiger partial charge in [-0.3, -0.25) is 9.59 Å². The summed E-state index contributed by atoms with van der Waals surface area (Å²) in [5.41, 5.74) is 1.34. The summed E-state index contributed by atoms with van der Waals surface area (Å²) < 4.78 is 5.47. The van der Waals surface area contributed by atoms with E-state index in [1.54, 1.807) is 12.3 Å². The lowest BCUT2D eigenvalue weighted by atomic mass is 10.1. The maximum absolute atomic E-state index is 13.3. The summed E-state index contributed by atoms with van der Waals surface area (Å²) in [6.07, 6.45) is 6.01. The topological polar surface area (TPSA) is 62.6 Å². The number of furan rings is 1. The van der Waals surface area contributed by atoms with E-state index in [9.17, 15) is 9.59 Å². The van der Waals surface area contributed by atoms with Crippen molar-refractivity contribution in [3.8, 4) is 0 Å². The minimum absolute atomic E-state index is 0.00558. The number of amides is 2. The van der Waals surface area contributed by atoms with Crippen LogP contribution in [0.25, 0.3) is 0 Å². The van der Waals surface area contributed by atoms with Crippen LogP contribution in [0.1, 0.15) is 48.7 Å². The number of carbonyl (C=O) groups excluding carboxylic acids is 2. The van der Waals surface area contributed by atoms with Crippen LogP contribution in [0.4, 0.5) is 5.69 Å². The smallest absolute Gasteiger partial charge is 0.254 e. The Hall–Kier alpha value is -2.21. The third kappa shape index (κ3) is 3.38. The fourth-order valence-electron chi connectivity index (χ4n) is 3.66. The Morgan fingerprint density at radius 3 is 2.85 bits per heavy atom. The Kier molecular flexibility index (Phi) is 4.76. The lowest BCUT2D eigenvalue weighted by Gasteiger charge is -2.29. The standard InChI is InChI=1S/C20H22N2O3S/c1-13-19(23)21-17-11-14(8-9-18(17)26-13)20(24)22(15-5-2-3-6-15)12-16-7-4-10-25-16/h4,7-11,13,15H,2-3,5-6,12H2,1H3,(H,21,23). The van der Waals surface area contributed by atoms with E-state index >= 15 is 0 Å². The fraction of sp³-hybridized carbons (Fsp3) is 0.400. The number of hydrogen-bond donors (Lipinski definition) is 1. The summed E-state index contributed by atoms with van der Waals surface area (Å²) in [4.78, 5) is 28.1. The van der Waals surface area contributed by atoms with E-state index in [0.29, 0.717) is 12.1 Å². The van der Waals surface area contributed by atoms with Gasteiger partial charge in [0.1, 0.15) is 5.76 Å². The van der Waals surface area contributed by atoms with Crippen LogP contribution in [0.15, 0.2) is 45.9 Å². The molecule has 26 heavy (non-hydrogen) atoms. The SMILES string of the molecule is CC1Sc2ccc(C(=O)N(Cc3ccco3)C3CCCC3)cc2NC1=O. The molecule has 2 amide bonds. The number of fused-ring (bicyclic) bond motifs is 1. The first-order valence-corrected chi connectivity index (χ1v) is 9.95. The largest absolute Gasteiger partial charge is 0.467 e. The van der Waals surface area contributed by atoms with Crippen LogP contribution in [0.3, 0.4) is 0 Å². The Balaban J connectivity index is 1.61. The zero-order valence-corrected chi connectivity index (χ0v) is 15.6. The van der Waals surface area contributed by atoms with Crippen LogP contribution in [0, 0.1) is 0 Å². The van der Waals surface area contributed by atoms with Gasteiger partial charge in [-0.1, -0.05) is 12.8 Å². The highest BCUT2D eigenvalue weighted by atomic mass is 32.2. The van der Waals surface area contributed by atoms with E-state index < -0.39 is 0 Å². The van der Waals surface area contributed by atoms with Gasteiger partial charge in [-0.2, -0.15) is 0 Å². The molecule has 2 aliphatic rings. The predicted octanol–water partition coefficient (Wildman–Crippen LogP) is 4.30. The molecule has 2 heterocycles. The highest BCUT2D eigenvalue weighted by molar-refractivity contribution is 8.00.